The van der Waals surface area contributed by atoms with Crippen molar-refractivity contribution in [1.29, 1.82) is 0 Å². The summed E-state index contributed by atoms with van der Waals surface area (Å²) in [5.41, 5.74) is 6.14. The molecule has 16 nitrogen and oxygen atoms in total. The van der Waals surface area contributed by atoms with Crippen LogP contribution in [0.5, 0.6) is 0 Å². The molecular formula is C10H20ClN7O9P2. The summed E-state index contributed by atoms with van der Waals surface area (Å²) in [6, 6.07) is 0. The Morgan fingerprint density at radius 3 is 2.48 bits per heavy atom. The smallest absolute Gasteiger partial charge is 0.382 e. The minimum atomic E-state index is -4.90. The number of rotatable bonds is 6. The highest BCUT2D eigenvalue weighted by atomic mass is 35.5. The molecule has 1 fully saturated rings. The zero-order valence-corrected chi connectivity index (χ0v) is 17.2. The largest absolute Gasteiger partial charge is 0.469 e. The van der Waals surface area contributed by atoms with Gasteiger partial charge < -0.3 is 42.3 Å². The second kappa shape index (κ2) is 9.26. The normalized spacial score (nSPS) is 22.3. The Kier molecular flexibility index (Phi) is 8.23. The molecule has 0 unspecified atom stereocenters. The van der Waals surface area contributed by atoms with Crippen molar-refractivity contribution >= 4 is 44.2 Å². The van der Waals surface area contributed by atoms with E-state index in [0.717, 1.165) is 0 Å². The zero-order chi connectivity index (χ0) is 20.0. The predicted octanol–water partition coefficient (Wildman–Crippen LogP) is 0.261. The van der Waals surface area contributed by atoms with Crippen molar-refractivity contribution in [3.63, 3.8) is 0 Å². The van der Waals surface area contributed by atoms with E-state index in [1.807, 2.05) is 0 Å². The molecule has 3 rings (SSSR count). The first-order valence-electron chi connectivity index (χ1n) is 7.18. The molecule has 166 valence electrons. The van der Waals surface area contributed by atoms with E-state index in [4.69, 9.17) is 41.6 Å². The molecule has 1 aliphatic heterocycles. The third-order valence-corrected chi connectivity index (χ3v) is 4.79. The molecule has 3 atom stereocenters. The molecular weight excluding hydrogens is 460 g/mol. The molecule has 0 saturated carbocycles. The maximum atomic E-state index is 11.2. The lowest BCUT2D eigenvalue weighted by molar-refractivity contribution is -0.0417. The molecule has 3 heterocycles. The lowest BCUT2D eigenvalue weighted by Crippen LogP contribution is -2.28. The van der Waals surface area contributed by atoms with E-state index in [9.17, 15) is 9.13 Å². The zero-order valence-electron chi connectivity index (χ0n) is 14.6. The van der Waals surface area contributed by atoms with Crippen LogP contribution in [0.1, 0.15) is 12.6 Å². The highest BCUT2D eigenvalue weighted by Gasteiger charge is 2.42. The Hall–Kier alpha value is -1.26. The number of fused-ring (bicyclic) bond motifs is 1. The van der Waals surface area contributed by atoms with Crippen molar-refractivity contribution in [2.75, 3.05) is 12.3 Å². The van der Waals surface area contributed by atoms with Crippen LogP contribution in [-0.4, -0.2) is 57.9 Å². The van der Waals surface area contributed by atoms with Crippen LogP contribution < -0.4 is 18.0 Å². The molecule has 0 aliphatic carbocycles. The van der Waals surface area contributed by atoms with E-state index in [-0.39, 0.29) is 41.0 Å². The van der Waals surface area contributed by atoms with Gasteiger partial charge in [-0.3, -0.25) is 13.6 Å². The molecule has 2 aromatic rings. The Balaban J connectivity index is 0.00000210. The monoisotopic (exact) mass is 479 g/mol. The number of nitrogen functional groups attached to an aromatic ring is 1. The van der Waals surface area contributed by atoms with Crippen molar-refractivity contribution in [2.24, 2.45) is 0 Å². The van der Waals surface area contributed by atoms with Gasteiger partial charge in [-0.2, -0.15) is 9.97 Å². The molecule has 0 bridgehead atoms. The van der Waals surface area contributed by atoms with Gasteiger partial charge in [-0.25, -0.2) is 14.1 Å². The predicted molar refractivity (Wildman–Crippen MR) is 98.2 cm³/mol. The Morgan fingerprint density at radius 1 is 1.24 bits per heavy atom. The molecule has 29 heavy (non-hydrogen) atoms. The summed E-state index contributed by atoms with van der Waals surface area (Å²) in [4.78, 5) is 47.5. The number of hydrogen-bond donors (Lipinski definition) is 7. The van der Waals surface area contributed by atoms with E-state index < -0.39 is 40.7 Å². The van der Waals surface area contributed by atoms with Gasteiger partial charge in [-0.15, -0.1) is 0 Å². The van der Waals surface area contributed by atoms with E-state index in [2.05, 4.69) is 24.0 Å². The quantitative estimate of drug-likeness (QED) is 0.216. The van der Waals surface area contributed by atoms with Gasteiger partial charge in [-0.1, -0.05) is 0 Å². The van der Waals surface area contributed by atoms with Gasteiger partial charge >= 0.3 is 15.6 Å². The molecule has 19 heteroatoms. The fourth-order valence-electron chi connectivity index (χ4n) is 2.60. The molecule has 0 aromatic carbocycles. The van der Waals surface area contributed by atoms with Gasteiger partial charge in [0, 0.05) is 6.42 Å². The number of halogens is 1. The number of hydrogen-bond acceptors (Lipinski definition) is 11. The maximum absolute atomic E-state index is 11.2. The number of imidazole rings is 1. The van der Waals surface area contributed by atoms with Crippen molar-refractivity contribution in [1.82, 2.24) is 31.8 Å². The minimum absolute atomic E-state index is 0. The van der Waals surface area contributed by atoms with Gasteiger partial charge in [0.05, 0.1) is 12.9 Å². The third kappa shape index (κ3) is 6.36. The number of aromatic nitrogens is 4. The van der Waals surface area contributed by atoms with E-state index in [0.29, 0.717) is 0 Å². The first kappa shape index (κ1) is 25.8. The van der Waals surface area contributed by atoms with Crippen LogP contribution in [0.2, 0.25) is 5.28 Å². The summed E-state index contributed by atoms with van der Waals surface area (Å²) in [7, 11) is -9.74. The molecule has 1 saturated heterocycles. The van der Waals surface area contributed by atoms with Gasteiger partial charge in [0.25, 0.3) is 0 Å². The average Bonchev–Trinajstić information content (AvgIpc) is 3.06. The van der Waals surface area contributed by atoms with Gasteiger partial charge in [0.1, 0.15) is 24.0 Å². The van der Waals surface area contributed by atoms with E-state index >= 15 is 0 Å². The summed E-state index contributed by atoms with van der Waals surface area (Å²) in [5.74, 6) is 0.0196. The number of ether oxygens (including phenoxy) is 1. The number of nitrogens with zero attached hydrogens (tertiary/aromatic N) is 4. The van der Waals surface area contributed by atoms with Crippen LogP contribution in [-0.2, 0) is 22.9 Å². The highest BCUT2D eigenvalue weighted by Crippen LogP contribution is 2.45. The second-order valence-electron chi connectivity index (χ2n) is 5.49. The number of phosphoric acid groups is 2. The van der Waals surface area contributed by atoms with Crippen LogP contribution >= 0.6 is 27.2 Å². The lowest BCUT2D eigenvalue weighted by atomic mass is 10.2. The average molecular weight is 480 g/mol. The van der Waals surface area contributed by atoms with Crippen LogP contribution in [0.25, 0.3) is 11.2 Å². The van der Waals surface area contributed by atoms with Crippen LogP contribution in [0, 0.1) is 0 Å². The van der Waals surface area contributed by atoms with Crippen molar-refractivity contribution in [3.05, 3.63) is 11.6 Å². The molecule has 12 N–H and O–H groups in total. The second-order valence-corrected chi connectivity index (χ2v) is 8.26. The van der Waals surface area contributed by atoms with Gasteiger partial charge in [0.15, 0.2) is 11.5 Å². The van der Waals surface area contributed by atoms with Gasteiger partial charge in [-0.05, 0) is 11.6 Å². The summed E-state index contributed by atoms with van der Waals surface area (Å²) in [5, 5.41) is -0.149. The minimum Gasteiger partial charge on any atom is -0.382 e. The van der Waals surface area contributed by atoms with E-state index in [1.165, 1.54) is 10.9 Å². The molecule has 0 radical (unpaired) electrons. The van der Waals surface area contributed by atoms with Gasteiger partial charge in [0.2, 0.25) is 5.28 Å². The Morgan fingerprint density at radius 2 is 1.90 bits per heavy atom. The number of anilines is 1. The molecule has 0 amide bonds. The fourth-order valence-corrected chi connectivity index (χ4v) is 3.69. The summed E-state index contributed by atoms with van der Waals surface area (Å²) >= 11 is 5.79. The summed E-state index contributed by atoms with van der Waals surface area (Å²) in [6.45, 7) is -0.671. The van der Waals surface area contributed by atoms with E-state index in [1.54, 1.807) is 0 Å². The molecule has 0 spiro atoms. The highest BCUT2D eigenvalue weighted by molar-refractivity contribution is 7.46. The Labute approximate surface area is 168 Å². The molecule has 2 aromatic heterocycles. The Bertz CT molecular complexity index is 949. The lowest BCUT2D eigenvalue weighted by Gasteiger charge is -2.19. The first-order chi connectivity index (χ1) is 12.4. The van der Waals surface area contributed by atoms with Crippen LogP contribution in [0.4, 0.5) is 5.82 Å². The van der Waals surface area contributed by atoms with Crippen LogP contribution in [0.3, 0.4) is 0 Å². The topological polar surface area (TPSA) is 282 Å². The first-order valence-corrected chi connectivity index (χ1v) is 10.6. The maximum Gasteiger partial charge on any atom is 0.469 e. The van der Waals surface area contributed by atoms with Crippen molar-refractivity contribution in [2.45, 2.75) is 24.9 Å². The standard InChI is InChI=1S/C10H14ClN5O9P2.2H3N/c11-10-14-8(12)7-9(15-10)16(3-13-7)6-1-4(25-27(20,21)22)5(24-6)2-23-26(17,18)19;;/h3-6H,1-2H2,(H2,12,14,15)(H2,17,18,19)(H2,20,21,22);2*1H3/t4-,5+,6+;;/m0../s1. The van der Waals surface area contributed by atoms with Crippen molar-refractivity contribution in [3.8, 4) is 0 Å². The molecule has 1 aliphatic rings. The summed E-state index contributed by atoms with van der Waals surface area (Å²) in [6.07, 6.45) is -2.12. The third-order valence-electron chi connectivity index (χ3n) is 3.59. The fraction of sp³-hybridized carbons (Fsp3) is 0.500. The SMILES string of the molecule is N.N.Nc1nc(Cl)nc2c1ncn2[C@H]1C[C@H](OP(=O)(O)O)[C@@H](COP(=O)(O)O)O1. The number of nitrogens with two attached hydrogens (primary N) is 1. The summed E-state index contributed by atoms with van der Waals surface area (Å²) < 4.78 is 38.1. The van der Waals surface area contributed by atoms with Crippen molar-refractivity contribution < 1.29 is 42.5 Å². The van der Waals surface area contributed by atoms with Crippen LogP contribution in [0.15, 0.2) is 6.33 Å². The number of phosphoric ester groups is 2.